The van der Waals surface area contributed by atoms with Gasteiger partial charge in [-0.2, -0.15) is 0 Å². The maximum Gasteiger partial charge on any atom is 0.330 e. The Morgan fingerprint density at radius 2 is 1.79 bits per heavy atom. The zero-order valence-corrected chi connectivity index (χ0v) is 13.4. The number of hydrogen-bond acceptors (Lipinski definition) is 5. The highest BCUT2D eigenvalue weighted by Gasteiger charge is 2.44. The number of hydrogen-bond donors (Lipinski definition) is 3. The summed E-state index contributed by atoms with van der Waals surface area (Å²) in [5.41, 5.74) is 8.15. The number of fused-ring (bicyclic) bond motifs is 1. The van der Waals surface area contributed by atoms with Crippen molar-refractivity contribution < 1.29 is 19.4 Å². The number of aliphatic carboxylic acids is 1. The molecular weight excluding hydrogens is 308 g/mol. The number of carbonyl (C=O) groups excluding carboxylic acids is 1. The zero-order chi connectivity index (χ0) is 17.7. The van der Waals surface area contributed by atoms with Crippen LogP contribution in [-0.2, 0) is 22.4 Å². The zero-order valence-electron chi connectivity index (χ0n) is 13.4. The molecule has 3 rings (SSSR count). The Bertz CT molecular complexity index is 721. The summed E-state index contributed by atoms with van der Waals surface area (Å²) in [5, 5.41) is 12.9. The fourth-order valence-electron chi connectivity index (χ4n) is 3.00. The Morgan fingerprint density at radius 3 is 2.25 bits per heavy atom. The number of carboxylic acid groups (broad SMARTS) is 1. The molecule has 1 aliphatic carbocycles. The quantitative estimate of drug-likeness (QED) is 0.743. The molecule has 126 valence electrons. The average molecular weight is 328 g/mol. The molecule has 0 radical (unpaired) electrons. The molecule has 2 aromatic carbocycles. The van der Waals surface area contributed by atoms with E-state index in [0.717, 1.165) is 11.1 Å². The number of carboxylic acids is 1. The molecule has 0 saturated heterocycles. The van der Waals surface area contributed by atoms with E-state index in [0.29, 0.717) is 30.0 Å². The van der Waals surface area contributed by atoms with Crippen molar-refractivity contribution in [3.63, 3.8) is 0 Å². The third-order valence-electron chi connectivity index (χ3n) is 4.13. The number of nitrogens with two attached hydrogens (primary N) is 1. The van der Waals surface area contributed by atoms with Crippen molar-refractivity contribution >= 4 is 24.1 Å². The van der Waals surface area contributed by atoms with E-state index < -0.39 is 11.5 Å². The standard InChI is InChI=1S/C17H18N2O3.CH2O/c1-22-15-7-6-13(8-14(15)18)19-17(16(20)21)9-11-4-2-3-5-12(11)10-17;1-2/h2-8,19H,9-10,18H2,1H3,(H,20,21);1H2. The maximum absolute atomic E-state index is 11.9. The molecule has 0 spiro atoms. The second-order valence-corrected chi connectivity index (χ2v) is 5.59. The summed E-state index contributed by atoms with van der Waals surface area (Å²) in [6.07, 6.45) is 0.898. The van der Waals surface area contributed by atoms with Gasteiger partial charge in [0.1, 0.15) is 18.1 Å². The summed E-state index contributed by atoms with van der Waals surface area (Å²) < 4.78 is 5.12. The minimum Gasteiger partial charge on any atom is -0.495 e. The first-order chi connectivity index (χ1) is 11.5. The highest BCUT2D eigenvalue weighted by Crippen LogP contribution is 2.34. The molecule has 0 aromatic heterocycles. The van der Waals surface area contributed by atoms with E-state index in [1.807, 2.05) is 31.1 Å². The van der Waals surface area contributed by atoms with E-state index in [9.17, 15) is 9.90 Å². The molecule has 0 aliphatic heterocycles. The van der Waals surface area contributed by atoms with Crippen LogP contribution in [0.1, 0.15) is 11.1 Å². The van der Waals surface area contributed by atoms with E-state index >= 15 is 0 Å². The number of methoxy groups -OCH3 is 1. The van der Waals surface area contributed by atoms with E-state index in [1.54, 1.807) is 25.3 Å². The Balaban J connectivity index is 0.00000100. The van der Waals surface area contributed by atoms with Crippen molar-refractivity contribution in [1.29, 1.82) is 0 Å². The number of benzene rings is 2. The van der Waals surface area contributed by atoms with Gasteiger partial charge in [-0.1, -0.05) is 24.3 Å². The molecule has 0 fully saturated rings. The second kappa shape index (κ2) is 7.04. The molecule has 0 amide bonds. The third-order valence-corrected chi connectivity index (χ3v) is 4.13. The molecule has 0 bridgehead atoms. The van der Waals surface area contributed by atoms with Gasteiger partial charge in [0.05, 0.1) is 12.8 Å². The smallest absolute Gasteiger partial charge is 0.330 e. The lowest BCUT2D eigenvalue weighted by atomic mass is 9.95. The van der Waals surface area contributed by atoms with Gasteiger partial charge in [0, 0.05) is 18.5 Å². The minimum atomic E-state index is -1.04. The van der Waals surface area contributed by atoms with E-state index in [2.05, 4.69) is 5.32 Å². The molecule has 24 heavy (non-hydrogen) atoms. The third kappa shape index (κ3) is 3.17. The molecule has 0 saturated carbocycles. The lowest BCUT2D eigenvalue weighted by Crippen LogP contribution is -2.47. The molecule has 0 heterocycles. The van der Waals surface area contributed by atoms with Crippen molar-refractivity contribution in [1.82, 2.24) is 0 Å². The Hall–Kier alpha value is -3.02. The summed E-state index contributed by atoms with van der Waals surface area (Å²) >= 11 is 0. The summed E-state index contributed by atoms with van der Waals surface area (Å²) in [7, 11) is 1.55. The van der Waals surface area contributed by atoms with Crippen molar-refractivity contribution in [2.45, 2.75) is 18.4 Å². The molecule has 1 aliphatic rings. The fraction of sp³-hybridized carbons (Fsp3) is 0.222. The normalized spacial score (nSPS) is 14.0. The maximum atomic E-state index is 11.9. The minimum absolute atomic E-state index is 0.449. The van der Waals surface area contributed by atoms with Crippen LogP contribution in [0, 0.1) is 0 Å². The number of carbonyl (C=O) groups is 2. The van der Waals surface area contributed by atoms with E-state index in [4.69, 9.17) is 15.3 Å². The molecule has 4 N–H and O–H groups in total. The lowest BCUT2D eigenvalue weighted by molar-refractivity contribution is -0.142. The van der Waals surface area contributed by atoms with Crippen molar-refractivity contribution in [3.05, 3.63) is 53.6 Å². The van der Waals surface area contributed by atoms with Crippen LogP contribution < -0.4 is 15.8 Å². The molecule has 6 nitrogen and oxygen atoms in total. The fourth-order valence-corrected chi connectivity index (χ4v) is 3.00. The second-order valence-electron chi connectivity index (χ2n) is 5.59. The topological polar surface area (TPSA) is 102 Å². The van der Waals surface area contributed by atoms with Crippen LogP contribution in [-0.4, -0.2) is 30.5 Å². The van der Waals surface area contributed by atoms with Gasteiger partial charge in [-0.05, 0) is 29.3 Å². The van der Waals surface area contributed by atoms with Gasteiger partial charge in [0.25, 0.3) is 0 Å². The SMILES string of the molecule is C=O.COc1ccc(NC2(C(=O)O)Cc3ccccc3C2)cc1N. The monoisotopic (exact) mass is 328 g/mol. The Morgan fingerprint density at radius 1 is 1.21 bits per heavy atom. The number of ether oxygens (including phenoxy) is 1. The van der Waals surface area contributed by atoms with E-state index in [1.165, 1.54) is 0 Å². The first kappa shape index (κ1) is 17.3. The van der Waals surface area contributed by atoms with Crippen LogP contribution in [0.25, 0.3) is 0 Å². The van der Waals surface area contributed by atoms with Crippen LogP contribution >= 0.6 is 0 Å². The number of anilines is 2. The lowest BCUT2D eigenvalue weighted by Gasteiger charge is -2.27. The van der Waals surface area contributed by atoms with Crippen molar-refractivity contribution in [3.8, 4) is 5.75 Å². The number of nitrogens with one attached hydrogen (secondary N) is 1. The summed E-state index contributed by atoms with van der Waals surface area (Å²) in [6, 6.07) is 13.0. The highest BCUT2D eigenvalue weighted by atomic mass is 16.5. The molecule has 0 unspecified atom stereocenters. The largest absolute Gasteiger partial charge is 0.495 e. The highest BCUT2D eigenvalue weighted by molar-refractivity contribution is 5.85. The first-order valence-electron chi connectivity index (χ1n) is 7.35. The van der Waals surface area contributed by atoms with Crippen molar-refractivity contribution in [2.75, 3.05) is 18.2 Å². The van der Waals surface area contributed by atoms with Crippen LogP contribution in [0.2, 0.25) is 0 Å². The van der Waals surface area contributed by atoms with Gasteiger partial charge in [0.15, 0.2) is 0 Å². The van der Waals surface area contributed by atoms with Crippen LogP contribution in [0.3, 0.4) is 0 Å². The summed E-state index contributed by atoms with van der Waals surface area (Å²) in [4.78, 5) is 19.9. The van der Waals surface area contributed by atoms with Crippen LogP contribution in [0.5, 0.6) is 5.75 Å². The molecule has 6 heteroatoms. The van der Waals surface area contributed by atoms with Crippen LogP contribution in [0.15, 0.2) is 42.5 Å². The average Bonchev–Trinajstić information content (AvgIpc) is 2.96. The predicted octanol–water partition coefficient (Wildman–Crippen LogP) is 2.13. The Kier molecular flexibility index (Phi) is 5.08. The molecule has 2 aromatic rings. The van der Waals surface area contributed by atoms with Gasteiger partial charge in [-0.3, -0.25) is 0 Å². The Labute approximate surface area is 140 Å². The van der Waals surface area contributed by atoms with Gasteiger partial charge in [-0.25, -0.2) is 4.79 Å². The first-order valence-corrected chi connectivity index (χ1v) is 7.35. The van der Waals surface area contributed by atoms with E-state index in [-0.39, 0.29) is 0 Å². The van der Waals surface area contributed by atoms with Crippen LogP contribution in [0.4, 0.5) is 11.4 Å². The summed E-state index contributed by atoms with van der Waals surface area (Å²) in [5.74, 6) is -0.289. The molecular formula is C18H20N2O4. The van der Waals surface area contributed by atoms with Gasteiger partial charge < -0.3 is 25.7 Å². The summed E-state index contributed by atoms with van der Waals surface area (Å²) in [6.45, 7) is 2.00. The predicted molar refractivity (Wildman–Crippen MR) is 92.4 cm³/mol. The number of rotatable bonds is 4. The van der Waals surface area contributed by atoms with Gasteiger partial charge >= 0.3 is 5.97 Å². The molecule has 0 atom stereocenters. The van der Waals surface area contributed by atoms with Gasteiger partial charge in [-0.15, -0.1) is 0 Å². The van der Waals surface area contributed by atoms with Gasteiger partial charge in [0.2, 0.25) is 0 Å². The van der Waals surface area contributed by atoms with Crippen molar-refractivity contribution in [2.24, 2.45) is 0 Å². The number of nitrogen functional groups attached to an aromatic ring is 1.